The highest BCUT2D eigenvalue weighted by Crippen LogP contribution is 2.26. The Bertz CT molecular complexity index is 730. The Kier molecular flexibility index (Phi) is 5.64. The molecule has 0 bridgehead atoms. The highest BCUT2D eigenvalue weighted by atomic mass is 32.2. The Morgan fingerprint density at radius 2 is 2.00 bits per heavy atom. The zero-order valence-corrected chi connectivity index (χ0v) is 15.1. The quantitative estimate of drug-likeness (QED) is 0.837. The number of nitrogens with one attached hydrogen (secondary N) is 1. The molecular formula is C17H24N2O4S. The summed E-state index contributed by atoms with van der Waals surface area (Å²) in [7, 11) is -1.63. The second-order valence-corrected chi connectivity index (χ2v) is 8.55. The van der Waals surface area contributed by atoms with E-state index in [1.54, 1.807) is 12.1 Å². The van der Waals surface area contributed by atoms with Crippen LogP contribution in [0.2, 0.25) is 0 Å². The van der Waals surface area contributed by atoms with Gasteiger partial charge in [-0.25, -0.2) is 8.42 Å². The van der Waals surface area contributed by atoms with Crippen LogP contribution in [0.15, 0.2) is 24.3 Å². The molecule has 132 valence electrons. The zero-order valence-electron chi connectivity index (χ0n) is 14.3. The molecule has 7 heteroatoms. The lowest BCUT2D eigenvalue weighted by Gasteiger charge is -2.23. The Morgan fingerprint density at radius 3 is 2.58 bits per heavy atom. The lowest BCUT2D eigenvalue weighted by molar-refractivity contribution is -0.143. The molecule has 0 spiro atoms. The molecule has 1 saturated heterocycles. The molecule has 2 rings (SSSR count). The number of sulfone groups is 1. The Hall–Kier alpha value is -1.89. The lowest BCUT2D eigenvalue weighted by atomic mass is 9.97. The molecule has 2 amide bonds. The van der Waals surface area contributed by atoms with Crippen LogP contribution in [-0.4, -0.2) is 49.7 Å². The number of benzene rings is 1. The van der Waals surface area contributed by atoms with Gasteiger partial charge < -0.3 is 10.2 Å². The van der Waals surface area contributed by atoms with Gasteiger partial charge in [-0.3, -0.25) is 9.59 Å². The van der Waals surface area contributed by atoms with E-state index in [4.69, 9.17) is 0 Å². The summed E-state index contributed by atoms with van der Waals surface area (Å²) < 4.78 is 23.1. The van der Waals surface area contributed by atoms with E-state index in [1.807, 2.05) is 12.1 Å². The largest absolute Gasteiger partial charge is 0.333 e. The van der Waals surface area contributed by atoms with Gasteiger partial charge in [0.1, 0.15) is 0 Å². The standard InChI is InChI=1S/C17H24N2O4S/c1-4-12(2)14-7-5-6-8-15(14)18-16(20)17(21)19(3)13-9-10-24(22,23)11-13/h5-8,12-13H,4,9-11H2,1-3H3,(H,18,20). The van der Waals surface area contributed by atoms with Crippen LogP contribution in [0.3, 0.4) is 0 Å². The number of likely N-dealkylation sites (N-methyl/N-ethyl adjacent to an activating group) is 1. The first-order valence-corrected chi connectivity index (χ1v) is 9.94. The minimum absolute atomic E-state index is 0.0632. The molecule has 1 aliphatic heterocycles. The molecule has 2 atom stereocenters. The first-order chi connectivity index (χ1) is 11.2. The number of hydrogen-bond acceptors (Lipinski definition) is 4. The highest BCUT2D eigenvalue weighted by Gasteiger charge is 2.34. The maximum absolute atomic E-state index is 12.3. The SMILES string of the molecule is CCC(C)c1ccccc1NC(=O)C(=O)N(C)C1CCS(=O)(=O)C1. The Labute approximate surface area is 143 Å². The number of amides is 2. The van der Waals surface area contributed by atoms with Gasteiger partial charge in [0.15, 0.2) is 9.84 Å². The van der Waals surface area contributed by atoms with Crippen molar-refractivity contribution in [1.82, 2.24) is 4.90 Å². The zero-order chi connectivity index (χ0) is 17.9. The Morgan fingerprint density at radius 1 is 1.33 bits per heavy atom. The van der Waals surface area contributed by atoms with E-state index in [-0.39, 0.29) is 17.4 Å². The number of carbonyl (C=O) groups is 2. The topological polar surface area (TPSA) is 83.6 Å². The van der Waals surface area contributed by atoms with Gasteiger partial charge in [0.25, 0.3) is 0 Å². The van der Waals surface area contributed by atoms with Crippen molar-refractivity contribution in [1.29, 1.82) is 0 Å². The van der Waals surface area contributed by atoms with Crippen molar-refractivity contribution in [2.24, 2.45) is 0 Å². The van der Waals surface area contributed by atoms with Crippen molar-refractivity contribution in [3.63, 3.8) is 0 Å². The number of para-hydroxylation sites is 1. The first kappa shape index (κ1) is 18.4. The molecule has 1 heterocycles. The maximum atomic E-state index is 12.3. The fourth-order valence-electron chi connectivity index (χ4n) is 2.84. The van der Waals surface area contributed by atoms with Crippen molar-refractivity contribution in [2.75, 3.05) is 23.9 Å². The van der Waals surface area contributed by atoms with E-state index < -0.39 is 27.7 Å². The average molecular weight is 352 g/mol. The summed E-state index contributed by atoms with van der Waals surface area (Å²) >= 11 is 0. The van der Waals surface area contributed by atoms with Crippen molar-refractivity contribution in [2.45, 2.75) is 38.6 Å². The fraction of sp³-hybridized carbons (Fsp3) is 0.529. The van der Waals surface area contributed by atoms with Gasteiger partial charge in [0, 0.05) is 18.8 Å². The average Bonchev–Trinajstić information content (AvgIpc) is 2.93. The predicted molar refractivity (Wildman–Crippen MR) is 93.6 cm³/mol. The normalized spacial score (nSPS) is 20.4. The molecule has 1 aromatic carbocycles. The third-order valence-corrected chi connectivity index (χ3v) is 6.37. The number of anilines is 1. The van der Waals surface area contributed by atoms with E-state index in [0.29, 0.717) is 12.1 Å². The molecule has 6 nitrogen and oxygen atoms in total. The summed E-state index contributed by atoms with van der Waals surface area (Å²) in [6.45, 7) is 4.12. The summed E-state index contributed by atoms with van der Waals surface area (Å²) in [6.07, 6.45) is 1.29. The second kappa shape index (κ2) is 7.34. The van der Waals surface area contributed by atoms with Gasteiger partial charge in [0.05, 0.1) is 11.5 Å². The predicted octanol–water partition coefficient (Wildman–Crippen LogP) is 1.78. The van der Waals surface area contributed by atoms with Crippen molar-refractivity contribution in [3.05, 3.63) is 29.8 Å². The van der Waals surface area contributed by atoms with E-state index in [2.05, 4.69) is 19.2 Å². The Balaban J connectivity index is 2.09. The number of nitrogens with zero attached hydrogens (tertiary/aromatic N) is 1. The lowest BCUT2D eigenvalue weighted by Crippen LogP contribution is -2.44. The summed E-state index contributed by atoms with van der Waals surface area (Å²) in [6, 6.07) is 6.97. The van der Waals surface area contributed by atoms with E-state index >= 15 is 0 Å². The third-order valence-electron chi connectivity index (χ3n) is 4.62. The van der Waals surface area contributed by atoms with Gasteiger partial charge in [-0.1, -0.05) is 32.0 Å². The van der Waals surface area contributed by atoms with Crippen LogP contribution in [0.5, 0.6) is 0 Å². The monoisotopic (exact) mass is 352 g/mol. The van der Waals surface area contributed by atoms with Gasteiger partial charge in [-0.15, -0.1) is 0 Å². The molecular weight excluding hydrogens is 328 g/mol. The van der Waals surface area contributed by atoms with Crippen molar-refractivity contribution >= 4 is 27.3 Å². The van der Waals surface area contributed by atoms with E-state index in [0.717, 1.165) is 12.0 Å². The molecule has 24 heavy (non-hydrogen) atoms. The molecule has 1 fully saturated rings. The van der Waals surface area contributed by atoms with Crippen LogP contribution in [0.1, 0.15) is 38.2 Å². The summed E-state index contributed by atoms with van der Waals surface area (Å²) in [5, 5.41) is 2.67. The molecule has 0 aliphatic carbocycles. The van der Waals surface area contributed by atoms with Crippen LogP contribution in [0, 0.1) is 0 Å². The van der Waals surface area contributed by atoms with Gasteiger partial charge in [-0.05, 0) is 30.4 Å². The molecule has 0 saturated carbocycles. The smallest absolute Gasteiger partial charge is 0.313 e. The molecule has 1 aromatic rings. The van der Waals surface area contributed by atoms with E-state index in [9.17, 15) is 18.0 Å². The first-order valence-electron chi connectivity index (χ1n) is 8.12. The third kappa shape index (κ3) is 4.14. The fourth-order valence-corrected chi connectivity index (χ4v) is 4.62. The van der Waals surface area contributed by atoms with Crippen molar-refractivity contribution in [3.8, 4) is 0 Å². The maximum Gasteiger partial charge on any atom is 0.313 e. The summed E-state index contributed by atoms with van der Waals surface area (Å²) in [5.74, 6) is -1.21. The number of carbonyl (C=O) groups excluding carboxylic acids is 2. The minimum atomic E-state index is -3.11. The van der Waals surface area contributed by atoms with Gasteiger partial charge >= 0.3 is 11.8 Å². The number of rotatable bonds is 4. The molecule has 2 unspecified atom stereocenters. The molecule has 1 aliphatic rings. The van der Waals surface area contributed by atoms with Gasteiger partial charge in [-0.2, -0.15) is 0 Å². The highest BCUT2D eigenvalue weighted by molar-refractivity contribution is 7.91. The van der Waals surface area contributed by atoms with Gasteiger partial charge in [0.2, 0.25) is 0 Å². The molecule has 0 radical (unpaired) electrons. The number of hydrogen-bond donors (Lipinski definition) is 1. The molecule has 1 N–H and O–H groups in total. The van der Waals surface area contributed by atoms with E-state index in [1.165, 1.54) is 11.9 Å². The van der Waals surface area contributed by atoms with Crippen LogP contribution in [0.4, 0.5) is 5.69 Å². The van der Waals surface area contributed by atoms with Crippen LogP contribution in [0.25, 0.3) is 0 Å². The van der Waals surface area contributed by atoms with Crippen LogP contribution >= 0.6 is 0 Å². The summed E-state index contributed by atoms with van der Waals surface area (Å²) in [4.78, 5) is 25.8. The van der Waals surface area contributed by atoms with Crippen molar-refractivity contribution < 1.29 is 18.0 Å². The summed E-state index contributed by atoms with van der Waals surface area (Å²) in [5.41, 5.74) is 1.60. The van der Waals surface area contributed by atoms with Crippen LogP contribution < -0.4 is 5.32 Å². The minimum Gasteiger partial charge on any atom is -0.333 e. The van der Waals surface area contributed by atoms with Crippen LogP contribution in [-0.2, 0) is 19.4 Å². The second-order valence-electron chi connectivity index (χ2n) is 6.32. The molecule has 0 aromatic heterocycles.